The molecule has 0 saturated heterocycles. The summed E-state index contributed by atoms with van der Waals surface area (Å²) < 4.78 is 5.19. The number of halogens is 2. The summed E-state index contributed by atoms with van der Waals surface area (Å²) in [5.41, 5.74) is 7.19. The van der Waals surface area contributed by atoms with E-state index in [0.717, 1.165) is 24.8 Å². The van der Waals surface area contributed by atoms with Crippen LogP contribution in [0.2, 0.25) is 10.0 Å². The second kappa shape index (κ2) is 7.22. The van der Waals surface area contributed by atoms with Crippen molar-refractivity contribution in [2.75, 3.05) is 7.11 Å². The molecule has 0 aliphatic heterocycles. The van der Waals surface area contributed by atoms with Crippen LogP contribution in [0.15, 0.2) is 18.2 Å². The Balaban J connectivity index is 2.44. The molecule has 2 nitrogen and oxygen atoms in total. The first-order valence-corrected chi connectivity index (χ1v) is 6.50. The number of hydrogen-bond donors (Lipinski definition) is 1. The lowest BCUT2D eigenvalue weighted by molar-refractivity contribution is 0.107. The molecular weight excluding hydrogens is 257 g/mol. The molecule has 1 aromatic rings. The zero-order chi connectivity index (χ0) is 12.8. The maximum atomic E-state index is 6.07. The molecule has 0 bridgehead atoms. The maximum Gasteiger partial charge on any atom is 0.0595 e. The predicted molar refractivity (Wildman–Crippen MR) is 73.8 cm³/mol. The third-order valence-corrected chi connectivity index (χ3v) is 3.57. The fraction of sp³-hybridized carbons (Fsp3) is 0.538. The van der Waals surface area contributed by atoms with Gasteiger partial charge in [-0.15, -0.1) is 0 Å². The Morgan fingerprint density at radius 2 is 1.94 bits per heavy atom. The van der Waals surface area contributed by atoms with Gasteiger partial charge in [-0.2, -0.15) is 0 Å². The Kier molecular flexibility index (Phi) is 6.28. The van der Waals surface area contributed by atoms with E-state index < -0.39 is 0 Å². The van der Waals surface area contributed by atoms with Crippen molar-refractivity contribution in [1.29, 1.82) is 0 Å². The van der Waals surface area contributed by atoms with Gasteiger partial charge in [0, 0.05) is 13.2 Å². The first-order valence-electron chi connectivity index (χ1n) is 5.75. The lowest BCUT2D eigenvalue weighted by atomic mass is 10.0. The fourth-order valence-electron chi connectivity index (χ4n) is 1.64. The summed E-state index contributed by atoms with van der Waals surface area (Å²) in [7, 11) is 1.72. The summed E-state index contributed by atoms with van der Waals surface area (Å²) in [6.07, 6.45) is 2.98. The van der Waals surface area contributed by atoms with E-state index in [1.54, 1.807) is 7.11 Å². The number of hydrogen-bond acceptors (Lipinski definition) is 2. The Bertz CT molecular complexity index is 357. The largest absolute Gasteiger partial charge is 0.382 e. The molecule has 2 unspecified atom stereocenters. The van der Waals surface area contributed by atoms with Crippen molar-refractivity contribution in [2.24, 2.45) is 5.73 Å². The monoisotopic (exact) mass is 275 g/mol. The highest BCUT2D eigenvalue weighted by Crippen LogP contribution is 2.23. The number of ether oxygens (including phenoxy) is 1. The van der Waals surface area contributed by atoms with E-state index in [-0.39, 0.29) is 12.1 Å². The normalized spacial score (nSPS) is 14.6. The first kappa shape index (κ1) is 14.8. The highest BCUT2D eigenvalue weighted by atomic mass is 35.5. The van der Waals surface area contributed by atoms with Gasteiger partial charge in [0.2, 0.25) is 0 Å². The number of benzene rings is 1. The number of methoxy groups -OCH3 is 1. The minimum absolute atomic E-state index is 0.129. The Hall–Kier alpha value is -0.280. The fourth-order valence-corrected chi connectivity index (χ4v) is 1.96. The van der Waals surface area contributed by atoms with Gasteiger partial charge in [0.1, 0.15) is 0 Å². The molecule has 0 spiro atoms. The summed E-state index contributed by atoms with van der Waals surface area (Å²) in [4.78, 5) is 0. The average molecular weight is 276 g/mol. The van der Waals surface area contributed by atoms with Crippen molar-refractivity contribution >= 4 is 23.2 Å². The molecule has 0 saturated carbocycles. The third kappa shape index (κ3) is 5.26. The van der Waals surface area contributed by atoms with Gasteiger partial charge in [0.15, 0.2) is 0 Å². The molecule has 17 heavy (non-hydrogen) atoms. The van der Waals surface area contributed by atoms with Crippen LogP contribution in [-0.4, -0.2) is 19.3 Å². The molecule has 96 valence electrons. The highest BCUT2D eigenvalue weighted by molar-refractivity contribution is 6.42. The number of rotatable bonds is 6. The topological polar surface area (TPSA) is 35.2 Å². The molecular formula is C13H19Cl2NO. The van der Waals surface area contributed by atoms with E-state index in [9.17, 15) is 0 Å². The van der Waals surface area contributed by atoms with E-state index in [0.29, 0.717) is 10.0 Å². The summed E-state index contributed by atoms with van der Waals surface area (Å²) >= 11 is 11.8. The van der Waals surface area contributed by atoms with Crippen molar-refractivity contribution in [3.63, 3.8) is 0 Å². The highest BCUT2D eigenvalue weighted by Gasteiger charge is 2.08. The molecule has 4 heteroatoms. The summed E-state index contributed by atoms with van der Waals surface area (Å²) in [5.74, 6) is 0. The Morgan fingerprint density at radius 3 is 2.53 bits per heavy atom. The maximum absolute atomic E-state index is 6.07. The molecule has 2 N–H and O–H groups in total. The lowest BCUT2D eigenvalue weighted by Gasteiger charge is -2.15. The quantitative estimate of drug-likeness (QED) is 0.860. The minimum Gasteiger partial charge on any atom is -0.382 e. The number of nitrogens with two attached hydrogens (primary N) is 1. The van der Waals surface area contributed by atoms with Crippen LogP contribution in [0.3, 0.4) is 0 Å². The smallest absolute Gasteiger partial charge is 0.0595 e. The standard InChI is InChI=1S/C13H19Cl2NO/c1-9(17-2)3-5-11(16)7-10-4-6-12(14)13(15)8-10/h4,6,8-9,11H,3,5,7,16H2,1-2H3. The SMILES string of the molecule is COC(C)CCC(N)Cc1ccc(Cl)c(Cl)c1. The lowest BCUT2D eigenvalue weighted by Crippen LogP contribution is -2.24. The van der Waals surface area contributed by atoms with Crippen LogP contribution in [0.4, 0.5) is 0 Å². The van der Waals surface area contributed by atoms with Gasteiger partial charge in [-0.1, -0.05) is 29.3 Å². The van der Waals surface area contributed by atoms with Crippen LogP contribution in [0.25, 0.3) is 0 Å². The van der Waals surface area contributed by atoms with Crippen molar-refractivity contribution < 1.29 is 4.74 Å². The van der Waals surface area contributed by atoms with Crippen LogP contribution in [0.1, 0.15) is 25.3 Å². The van der Waals surface area contributed by atoms with Crippen molar-refractivity contribution in [2.45, 2.75) is 38.3 Å². The van der Waals surface area contributed by atoms with Gasteiger partial charge in [-0.3, -0.25) is 0 Å². The van der Waals surface area contributed by atoms with Gasteiger partial charge in [0.25, 0.3) is 0 Å². The Morgan fingerprint density at radius 1 is 1.24 bits per heavy atom. The van der Waals surface area contributed by atoms with Gasteiger partial charge >= 0.3 is 0 Å². The van der Waals surface area contributed by atoms with Crippen molar-refractivity contribution in [1.82, 2.24) is 0 Å². The zero-order valence-electron chi connectivity index (χ0n) is 10.2. The van der Waals surface area contributed by atoms with Gasteiger partial charge in [0.05, 0.1) is 16.1 Å². The molecule has 2 atom stereocenters. The molecule has 0 amide bonds. The van der Waals surface area contributed by atoms with Crippen LogP contribution >= 0.6 is 23.2 Å². The van der Waals surface area contributed by atoms with Crippen LogP contribution in [0.5, 0.6) is 0 Å². The zero-order valence-corrected chi connectivity index (χ0v) is 11.8. The van der Waals surface area contributed by atoms with Gasteiger partial charge in [-0.25, -0.2) is 0 Å². The molecule has 0 aromatic heterocycles. The van der Waals surface area contributed by atoms with Crippen molar-refractivity contribution in [3.05, 3.63) is 33.8 Å². The molecule has 0 aliphatic carbocycles. The molecule has 1 aromatic carbocycles. The molecule has 0 fully saturated rings. The summed E-state index contributed by atoms with van der Waals surface area (Å²) in [6.45, 7) is 2.05. The van der Waals surface area contributed by atoms with E-state index in [1.165, 1.54) is 0 Å². The second-order valence-corrected chi connectivity index (χ2v) is 5.15. The van der Waals surface area contributed by atoms with E-state index in [1.807, 2.05) is 25.1 Å². The third-order valence-electron chi connectivity index (χ3n) is 2.83. The molecule has 1 rings (SSSR count). The van der Waals surface area contributed by atoms with Gasteiger partial charge < -0.3 is 10.5 Å². The van der Waals surface area contributed by atoms with Gasteiger partial charge in [-0.05, 0) is 43.9 Å². The van der Waals surface area contributed by atoms with E-state index in [2.05, 4.69) is 0 Å². The first-order chi connectivity index (χ1) is 8.02. The van der Waals surface area contributed by atoms with Crippen molar-refractivity contribution in [3.8, 4) is 0 Å². The molecule has 0 radical (unpaired) electrons. The van der Waals surface area contributed by atoms with Crippen LogP contribution in [-0.2, 0) is 11.2 Å². The van der Waals surface area contributed by atoms with Crippen LogP contribution in [0, 0.1) is 0 Å². The second-order valence-electron chi connectivity index (χ2n) is 4.34. The predicted octanol–water partition coefficient (Wildman–Crippen LogP) is 3.68. The Labute approximate surface area is 113 Å². The van der Waals surface area contributed by atoms with Crippen LogP contribution < -0.4 is 5.73 Å². The molecule has 0 aliphatic rings. The molecule has 0 heterocycles. The van der Waals surface area contributed by atoms with E-state index in [4.69, 9.17) is 33.7 Å². The van der Waals surface area contributed by atoms with E-state index >= 15 is 0 Å². The minimum atomic E-state index is 0.129. The summed E-state index contributed by atoms with van der Waals surface area (Å²) in [6, 6.07) is 5.78. The summed E-state index contributed by atoms with van der Waals surface area (Å²) in [5, 5.41) is 1.17. The average Bonchev–Trinajstić information content (AvgIpc) is 2.31.